The number of carbonyl (C=O) groups is 2. The van der Waals surface area contributed by atoms with Crippen molar-refractivity contribution in [1.82, 2.24) is 15.0 Å². The van der Waals surface area contributed by atoms with Gasteiger partial charge in [-0.15, -0.1) is 5.10 Å². The van der Waals surface area contributed by atoms with Crippen molar-refractivity contribution in [1.29, 1.82) is 0 Å². The number of para-hydroxylation sites is 2. The first-order valence-corrected chi connectivity index (χ1v) is 5.34. The van der Waals surface area contributed by atoms with Crippen LogP contribution in [0.2, 0.25) is 0 Å². The van der Waals surface area contributed by atoms with Crippen LogP contribution in [-0.4, -0.2) is 32.0 Å². The Bertz CT molecular complexity index is 622. The third kappa shape index (κ3) is 3.06. The van der Waals surface area contributed by atoms with Crippen LogP contribution in [0.1, 0.15) is 10.5 Å². The van der Waals surface area contributed by atoms with Crippen LogP contribution in [0, 0.1) is 0 Å². The predicted molar refractivity (Wildman–Crippen MR) is 66.5 cm³/mol. The molecule has 2 rings (SSSR count). The van der Waals surface area contributed by atoms with Crippen molar-refractivity contribution in [3.05, 3.63) is 36.2 Å². The molecule has 1 heterocycles. The Balaban J connectivity index is 2.10. The van der Waals surface area contributed by atoms with Crippen LogP contribution in [0.25, 0.3) is 0 Å². The van der Waals surface area contributed by atoms with E-state index in [1.54, 1.807) is 24.3 Å². The number of nitrogens with one attached hydrogen (secondary N) is 1. The molecule has 19 heavy (non-hydrogen) atoms. The van der Waals surface area contributed by atoms with Gasteiger partial charge in [-0.2, -0.15) is 0 Å². The van der Waals surface area contributed by atoms with Crippen LogP contribution in [-0.2, 0) is 11.3 Å². The summed E-state index contributed by atoms with van der Waals surface area (Å²) < 4.78 is 1.06. The van der Waals surface area contributed by atoms with Crippen molar-refractivity contribution in [3.8, 4) is 0 Å². The Morgan fingerprint density at radius 2 is 2.11 bits per heavy atom. The van der Waals surface area contributed by atoms with E-state index >= 15 is 0 Å². The third-order valence-electron chi connectivity index (χ3n) is 2.28. The number of benzene rings is 1. The summed E-state index contributed by atoms with van der Waals surface area (Å²) in [6, 6.07) is 6.77. The highest BCUT2D eigenvalue weighted by Gasteiger charge is 2.13. The zero-order chi connectivity index (χ0) is 13.8. The first-order chi connectivity index (χ1) is 9.06. The van der Waals surface area contributed by atoms with Crippen molar-refractivity contribution < 1.29 is 14.7 Å². The van der Waals surface area contributed by atoms with E-state index in [-0.39, 0.29) is 12.2 Å². The van der Waals surface area contributed by atoms with E-state index in [0.29, 0.717) is 11.4 Å². The van der Waals surface area contributed by atoms with Gasteiger partial charge in [0.05, 0.1) is 17.6 Å². The van der Waals surface area contributed by atoms with Gasteiger partial charge in [0.15, 0.2) is 5.69 Å². The maximum Gasteiger partial charge on any atom is 0.325 e. The van der Waals surface area contributed by atoms with Crippen LogP contribution in [0.5, 0.6) is 0 Å². The molecule has 0 unspecified atom stereocenters. The Morgan fingerprint density at radius 3 is 2.79 bits per heavy atom. The number of hydrogen-bond acceptors (Lipinski definition) is 5. The molecule has 1 aromatic heterocycles. The number of nitrogens with zero attached hydrogens (tertiary/aromatic N) is 3. The minimum Gasteiger partial charge on any atom is -0.480 e. The Labute approximate surface area is 107 Å². The molecular weight excluding hydrogens is 250 g/mol. The van der Waals surface area contributed by atoms with Crippen LogP contribution < -0.4 is 11.1 Å². The monoisotopic (exact) mass is 261 g/mol. The number of carboxylic acid groups (broad SMARTS) is 1. The highest BCUT2D eigenvalue weighted by atomic mass is 16.4. The zero-order valence-electron chi connectivity index (χ0n) is 9.78. The molecule has 0 radical (unpaired) electrons. The second kappa shape index (κ2) is 5.17. The second-order valence-electron chi connectivity index (χ2n) is 3.74. The number of carbonyl (C=O) groups excluding carboxylic acids is 1. The van der Waals surface area contributed by atoms with Gasteiger partial charge < -0.3 is 16.2 Å². The summed E-state index contributed by atoms with van der Waals surface area (Å²) in [5.74, 6) is -1.57. The maximum absolute atomic E-state index is 11.8. The SMILES string of the molecule is Nc1ccccc1NC(=O)c1cn(CC(=O)O)nn1. The molecule has 8 nitrogen and oxygen atoms in total. The van der Waals surface area contributed by atoms with Crippen molar-refractivity contribution in [2.24, 2.45) is 0 Å². The van der Waals surface area contributed by atoms with E-state index in [0.717, 1.165) is 4.68 Å². The summed E-state index contributed by atoms with van der Waals surface area (Å²) in [7, 11) is 0. The normalized spacial score (nSPS) is 10.1. The van der Waals surface area contributed by atoms with Crippen LogP contribution in [0.15, 0.2) is 30.5 Å². The van der Waals surface area contributed by atoms with Crippen molar-refractivity contribution in [2.45, 2.75) is 6.54 Å². The van der Waals surface area contributed by atoms with Gasteiger partial charge in [0.25, 0.3) is 5.91 Å². The van der Waals surface area contributed by atoms with E-state index in [2.05, 4.69) is 15.6 Å². The number of nitrogen functional groups attached to an aromatic ring is 1. The molecule has 2 aromatic rings. The van der Waals surface area contributed by atoms with Gasteiger partial charge in [0, 0.05) is 0 Å². The average molecular weight is 261 g/mol. The first kappa shape index (κ1) is 12.6. The van der Waals surface area contributed by atoms with Crippen LogP contribution >= 0.6 is 0 Å². The summed E-state index contributed by atoms with van der Waals surface area (Å²) in [6.45, 7) is -0.353. The smallest absolute Gasteiger partial charge is 0.325 e. The lowest BCUT2D eigenvalue weighted by Crippen LogP contribution is -2.13. The summed E-state index contributed by atoms with van der Waals surface area (Å²) in [4.78, 5) is 22.3. The molecule has 0 aliphatic rings. The van der Waals surface area contributed by atoms with E-state index in [9.17, 15) is 9.59 Å². The van der Waals surface area contributed by atoms with E-state index in [1.807, 2.05) is 0 Å². The molecule has 0 aliphatic heterocycles. The molecule has 0 saturated carbocycles. The number of aliphatic carboxylic acids is 1. The standard InChI is InChI=1S/C11H11N5O3/c12-7-3-1-2-4-8(7)13-11(19)9-5-16(15-14-9)6-10(17)18/h1-5H,6,12H2,(H,13,19)(H,17,18). The molecule has 0 bridgehead atoms. The largest absolute Gasteiger partial charge is 0.480 e. The molecule has 0 saturated heterocycles. The molecule has 4 N–H and O–H groups in total. The third-order valence-corrected chi connectivity index (χ3v) is 2.28. The van der Waals surface area contributed by atoms with E-state index in [4.69, 9.17) is 10.8 Å². The number of nitrogens with two attached hydrogens (primary N) is 1. The van der Waals surface area contributed by atoms with Gasteiger partial charge in [-0.05, 0) is 12.1 Å². The number of hydrogen-bond donors (Lipinski definition) is 3. The minimum absolute atomic E-state index is 0.0181. The molecule has 0 spiro atoms. The first-order valence-electron chi connectivity index (χ1n) is 5.34. The number of carboxylic acids is 1. The van der Waals surface area contributed by atoms with Gasteiger partial charge in [0.1, 0.15) is 6.54 Å². The molecule has 0 aliphatic carbocycles. The fourth-order valence-electron chi connectivity index (χ4n) is 1.42. The Hall–Kier alpha value is -2.90. The van der Waals surface area contributed by atoms with Crippen LogP contribution in [0.4, 0.5) is 11.4 Å². The summed E-state index contributed by atoms with van der Waals surface area (Å²) in [5, 5.41) is 18.3. The lowest BCUT2D eigenvalue weighted by atomic mass is 10.2. The van der Waals surface area contributed by atoms with Gasteiger partial charge >= 0.3 is 5.97 Å². The lowest BCUT2D eigenvalue weighted by molar-refractivity contribution is -0.137. The molecular formula is C11H11N5O3. The fraction of sp³-hybridized carbons (Fsp3) is 0.0909. The molecule has 8 heteroatoms. The molecule has 1 amide bonds. The van der Waals surface area contributed by atoms with Gasteiger partial charge in [-0.3, -0.25) is 9.59 Å². The molecule has 1 aromatic carbocycles. The molecule has 98 valence electrons. The predicted octanol–water partition coefficient (Wildman–Crippen LogP) is 0.197. The van der Waals surface area contributed by atoms with Gasteiger partial charge in [-0.25, -0.2) is 4.68 Å². The summed E-state index contributed by atoms with van der Waals surface area (Å²) in [5.41, 5.74) is 6.59. The summed E-state index contributed by atoms with van der Waals surface area (Å²) in [6.07, 6.45) is 1.25. The average Bonchev–Trinajstić information content (AvgIpc) is 2.79. The maximum atomic E-state index is 11.8. The topological polar surface area (TPSA) is 123 Å². The number of rotatable bonds is 4. The Morgan fingerprint density at radius 1 is 1.37 bits per heavy atom. The number of amides is 1. The highest BCUT2D eigenvalue weighted by Crippen LogP contribution is 2.17. The van der Waals surface area contributed by atoms with E-state index < -0.39 is 11.9 Å². The fourth-order valence-corrected chi connectivity index (χ4v) is 1.42. The Kier molecular flexibility index (Phi) is 3.42. The van der Waals surface area contributed by atoms with E-state index in [1.165, 1.54) is 6.20 Å². The summed E-state index contributed by atoms with van der Waals surface area (Å²) >= 11 is 0. The molecule has 0 atom stereocenters. The lowest BCUT2D eigenvalue weighted by Gasteiger charge is -2.05. The highest BCUT2D eigenvalue weighted by molar-refractivity contribution is 6.04. The molecule has 0 fully saturated rings. The second-order valence-corrected chi connectivity index (χ2v) is 3.74. The minimum atomic E-state index is -1.07. The number of anilines is 2. The van der Waals surface area contributed by atoms with Crippen LogP contribution in [0.3, 0.4) is 0 Å². The van der Waals surface area contributed by atoms with Gasteiger partial charge in [0.2, 0.25) is 0 Å². The van der Waals surface area contributed by atoms with Crippen molar-refractivity contribution >= 4 is 23.3 Å². The van der Waals surface area contributed by atoms with Crippen molar-refractivity contribution in [3.63, 3.8) is 0 Å². The van der Waals surface area contributed by atoms with Gasteiger partial charge in [-0.1, -0.05) is 17.3 Å². The quantitative estimate of drug-likeness (QED) is 0.675. The number of aromatic nitrogens is 3. The van der Waals surface area contributed by atoms with Crippen molar-refractivity contribution in [2.75, 3.05) is 11.1 Å². The zero-order valence-corrected chi connectivity index (χ0v) is 9.78.